The third-order valence-electron chi connectivity index (χ3n) is 2.56. The van der Waals surface area contributed by atoms with Crippen molar-refractivity contribution >= 4 is 27.5 Å². The quantitative estimate of drug-likeness (QED) is 0.749. The fourth-order valence-corrected chi connectivity index (χ4v) is 2.34. The van der Waals surface area contributed by atoms with Gasteiger partial charge in [-0.15, -0.1) is 11.3 Å². The smallest absolute Gasteiger partial charge is 0.258 e. The van der Waals surface area contributed by atoms with E-state index >= 15 is 0 Å². The summed E-state index contributed by atoms with van der Waals surface area (Å²) in [5, 5.41) is 5.52. The third kappa shape index (κ3) is 4.14. The Kier molecular flexibility index (Phi) is 5.69. The number of rotatable bonds is 8. The average molecular weight is 295 g/mol. The number of thiophene rings is 1. The van der Waals surface area contributed by atoms with Crippen molar-refractivity contribution in [2.45, 2.75) is 13.3 Å². The lowest BCUT2D eigenvalue weighted by Crippen LogP contribution is -2.30. The molecule has 0 atom stereocenters. The van der Waals surface area contributed by atoms with Crippen LogP contribution in [0, 0.1) is 0 Å². The molecular weight excluding hydrogens is 278 g/mol. The molecule has 0 saturated heterocycles. The molecule has 6 nitrogen and oxygen atoms in total. The van der Waals surface area contributed by atoms with Gasteiger partial charge < -0.3 is 14.8 Å². The van der Waals surface area contributed by atoms with Gasteiger partial charge in [-0.05, 0) is 24.8 Å². The van der Waals surface area contributed by atoms with Crippen LogP contribution in [-0.4, -0.2) is 42.2 Å². The number of hydrogen-bond acceptors (Lipinski definition) is 6. The summed E-state index contributed by atoms with van der Waals surface area (Å²) in [6, 6.07) is 1.88. The Labute approximate surface area is 121 Å². The molecular formula is C13H17N3O3S. The van der Waals surface area contributed by atoms with Crippen molar-refractivity contribution in [3.8, 4) is 5.88 Å². The van der Waals surface area contributed by atoms with Crippen molar-refractivity contribution in [1.29, 1.82) is 0 Å². The molecule has 1 amide bonds. The second kappa shape index (κ2) is 7.76. The van der Waals surface area contributed by atoms with E-state index in [2.05, 4.69) is 15.3 Å². The zero-order chi connectivity index (χ0) is 14.2. The fraction of sp³-hybridized carbons (Fsp3) is 0.462. The predicted molar refractivity (Wildman–Crippen MR) is 77.0 cm³/mol. The van der Waals surface area contributed by atoms with Gasteiger partial charge >= 0.3 is 0 Å². The second-order valence-electron chi connectivity index (χ2n) is 4.01. The lowest BCUT2D eigenvalue weighted by atomic mass is 10.4. The van der Waals surface area contributed by atoms with Crippen LogP contribution in [0.25, 0.3) is 10.2 Å². The minimum atomic E-state index is -0.163. The molecule has 0 radical (unpaired) electrons. The van der Waals surface area contributed by atoms with Crippen molar-refractivity contribution in [2.75, 3.05) is 26.4 Å². The van der Waals surface area contributed by atoms with Crippen LogP contribution in [0.1, 0.15) is 13.3 Å². The molecule has 108 valence electrons. The first kappa shape index (κ1) is 14.7. The Morgan fingerprint density at radius 1 is 1.45 bits per heavy atom. The van der Waals surface area contributed by atoms with Crippen LogP contribution < -0.4 is 10.1 Å². The standard InChI is InChI=1S/C13H17N3O3S/c1-2-18-6-3-5-14-11(17)8-19-12-10-4-7-20-13(10)16-9-15-12/h4,7,9H,2-3,5-6,8H2,1H3,(H,14,17). The molecule has 2 aromatic rings. The van der Waals surface area contributed by atoms with Crippen molar-refractivity contribution in [1.82, 2.24) is 15.3 Å². The molecule has 1 N–H and O–H groups in total. The summed E-state index contributed by atoms with van der Waals surface area (Å²) in [6.45, 7) is 3.83. The first-order valence-electron chi connectivity index (χ1n) is 6.46. The van der Waals surface area contributed by atoms with E-state index in [1.165, 1.54) is 17.7 Å². The van der Waals surface area contributed by atoms with Gasteiger partial charge in [0.25, 0.3) is 5.91 Å². The summed E-state index contributed by atoms with van der Waals surface area (Å²) in [6.07, 6.45) is 2.23. The van der Waals surface area contributed by atoms with Crippen molar-refractivity contribution in [2.24, 2.45) is 0 Å². The molecule has 2 heterocycles. The molecule has 2 rings (SSSR count). The van der Waals surface area contributed by atoms with Gasteiger partial charge in [0.2, 0.25) is 5.88 Å². The van der Waals surface area contributed by atoms with Crippen LogP contribution in [0.4, 0.5) is 0 Å². The lowest BCUT2D eigenvalue weighted by Gasteiger charge is -2.07. The SMILES string of the molecule is CCOCCCNC(=O)COc1ncnc2sccc12. The van der Waals surface area contributed by atoms with Crippen molar-refractivity contribution < 1.29 is 14.3 Å². The highest BCUT2D eigenvalue weighted by molar-refractivity contribution is 7.16. The molecule has 7 heteroatoms. The summed E-state index contributed by atoms with van der Waals surface area (Å²) < 4.78 is 10.6. The van der Waals surface area contributed by atoms with Crippen molar-refractivity contribution in [3.63, 3.8) is 0 Å². The number of hydrogen-bond donors (Lipinski definition) is 1. The summed E-state index contributed by atoms with van der Waals surface area (Å²) in [5.74, 6) is 0.282. The van der Waals surface area contributed by atoms with Crippen LogP contribution >= 0.6 is 11.3 Å². The van der Waals surface area contributed by atoms with E-state index in [4.69, 9.17) is 9.47 Å². The molecule has 0 saturated carbocycles. The summed E-state index contributed by atoms with van der Waals surface area (Å²) >= 11 is 1.51. The zero-order valence-corrected chi connectivity index (χ0v) is 12.1. The summed E-state index contributed by atoms with van der Waals surface area (Å²) in [7, 11) is 0. The predicted octanol–water partition coefficient (Wildman–Crippen LogP) is 1.61. The van der Waals surface area contributed by atoms with Gasteiger partial charge in [0.15, 0.2) is 6.61 Å². The minimum Gasteiger partial charge on any atom is -0.467 e. The van der Waals surface area contributed by atoms with E-state index in [1.54, 1.807) is 0 Å². The number of nitrogens with one attached hydrogen (secondary N) is 1. The van der Waals surface area contributed by atoms with Gasteiger partial charge in [-0.2, -0.15) is 0 Å². The van der Waals surface area contributed by atoms with Gasteiger partial charge in [-0.3, -0.25) is 4.79 Å². The maximum atomic E-state index is 11.6. The molecule has 2 aromatic heterocycles. The summed E-state index contributed by atoms with van der Waals surface area (Å²) in [5.41, 5.74) is 0. The number of aromatic nitrogens is 2. The van der Waals surface area contributed by atoms with E-state index in [0.717, 1.165) is 16.6 Å². The number of ether oxygens (including phenoxy) is 2. The topological polar surface area (TPSA) is 73.3 Å². The third-order valence-corrected chi connectivity index (χ3v) is 3.38. The highest BCUT2D eigenvalue weighted by Gasteiger charge is 2.08. The molecule has 0 spiro atoms. The van der Waals surface area contributed by atoms with Gasteiger partial charge in [0, 0.05) is 19.8 Å². The normalized spacial score (nSPS) is 10.7. The van der Waals surface area contributed by atoms with E-state index < -0.39 is 0 Å². The van der Waals surface area contributed by atoms with Gasteiger partial charge in [0.05, 0.1) is 5.39 Å². The highest BCUT2D eigenvalue weighted by Crippen LogP contribution is 2.25. The van der Waals surface area contributed by atoms with Gasteiger partial charge in [0.1, 0.15) is 11.2 Å². The molecule has 0 aliphatic heterocycles. The van der Waals surface area contributed by atoms with E-state index in [1.807, 2.05) is 18.4 Å². The number of amides is 1. The molecule has 20 heavy (non-hydrogen) atoms. The Hall–Kier alpha value is -1.73. The second-order valence-corrected chi connectivity index (χ2v) is 4.90. The van der Waals surface area contributed by atoms with E-state index in [0.29, 0.717) is 25.6 Å². The van der Waals surface area contributed by atoms with Gasteiger partial charge in [-0.1, -0.05) is 0 Å². The Bertz CT molecular complexity index is 559. The fourth-order valence-electron chi connectivity index (χ4n) is 1.61. The van der Waals surface area contributed by atoms with Crippen LogP contribution in [0.3, 0.4) is 0 Å². The number of nitrogens with zero attached hydrogens (tertiary/aromatic N) is 2. The highest BCUT2D eigenvalue weighted by atomic mass is 32.1. The molecule has 0 aliphatic carbocycles. The average Bonchev–Trinajstić information content (AvgIpc) is 2.94. The molecule has 0 aliphatic rings. The Balaban J connectivity index is 1.74. The van der Waals surface area contributed by atoms with Crippen LogP contribution in [-0.2, 0) is 9.53 Å². The van der Waals surface area contributed by atoms with E-state index in [9.17, 15) is 4.79 Å². The number of carbonyl (C=O) groups excluding carboxylic acids is 1. The van der Waals surface area contributed by atoms with Crippen LogP contribution in [0.2, 0.25) is 0 Å². The Morgan fingerprint density at radius 2 is 2.35 bits per heavy atom. The maximum absolute atomic E-state index is 11.6. The maximum Gasteiger partial charge on any atom is 0.258 e. The molecule has 0 unspecified atom stereocenters. The zero-order valence-electron chi connectivity index (χ0n) is 11.3. The molecule has 0 aromatic carbocycles. The molecule has 0 fully saturated rings. The first-order valence-corrected chi connectivity index (χ1v) is 7.34. The minimum absolute atomic E-state index is 0.0450. The summed E-state index contributed by atoms with van der Waals surface area (Å²) in [4.78, 5) is 20.6. The van der Waals surface area contributed by atoms with Crippen LogP contribution in [0.5, 0.6) is 5.88 Å². The Morgan fingerprint density at radius 3 is 3.20 bits per heavy atom. The monoisotopic (exact) mass is 295 g/mol. The van der Waals surface area contributed by atoms with Crippen LogP contribution in [0.15, 0.2) is 17.8 Å². The van der Waals surface area contributed by atoms with Crippen molar-refractivity contribution in [3.05, 3.63) is 17.8 Å². The van der Waals surface area contributed by atoms with E-state index in [-0.39, 0.29) is 12.5 Å². The first-order chi connectivity index (χ1) is 9.81. The number of carbonyl (C=O) groups is 1. The van der Waals surface area contributed by atoms with Gasteiger partial charge in [-0.25, -0.2) is 9.97 Å². The molecule has 0 bridgehead atoms. The lowest BCUT2D eigenvalue weighted by molar-refractivity contribution is -0.123. The largest absolute Gasteiger partial charge is 0.467 e. The number of fused-ring (bicyclic) bond motifs is 1.